The fraction of sp³-hybridized carbons (Fsp3) is 0.590. The molecule has 2 saturated carbocycles. The van der Waals surface area contributed by atoms with E-state index in [1.807, 2.05) is 26.8 Å². The predicted molar refractivity (Wildman–Crippen MR) is 179 cm³/mol. The van der Waals surface area contributed by atoms with Crippen molar-refractivity contribution in [2.24, 2.45) is 34.0 Å². The third-order valence-electron chi connectivity index (χ3n) is 13.0. The largest absolute Gasteiger partial charge is 0.456 e. The summed E-state index contributed by atoms with van der Waals surface area (Å²) in [5.41, 5.74) is -0.958. The number of fused-ring (bicyclic) bond motifs is 4. The van der Waals surface area contributed by atoms with Gasteiger partial charge in [0.25, 0.3) is 5.91 Å². The third kappa shape index (κ3) is 4.99. The first-order valence-electron chi connectivity index (χ1n) is 17.2. The van der Waals surface area contributed by atoms with E-state index in [-0.39, 0.29) is 29.8 Å². The van der Waals surface area contributed by atoms with Crippen molar-refractivity contribution in [2.75, 3.05) is 6.61 Å². The minimum absolute atomic E-state index is 0.160. The van der Waals surface area contributed by atoms with E-state index in [4.69, 9.17) is 9.47 Å². The van der Waals surface area contributed by atoms with Gasteiger partial charge in [-0.2, -0.15) is 0 Å². The number of hydrogen-bond acceptors (Lipinski definition) is 8. The Labute approximate surface area is 283 Å². The molecule has 9 heteroatoms. The Balaban J connectivity index is 1.36. The van der Waals surface area contributed by atoms with Crippen LogP contribution in [0.25, 0.3) is 0 Å². The van der Waals surface area contributed by atoms with Crippen molar-refractivity contribution in [1.82, 2.24) is 5.32 Å². The number of benzene rings is 2. The first kappa shape index (κ1) is 34.8. The topological polar surface area (TPSA) is 146 Å². The van der Waals surface area contributed by atoms with Crippen LogP contribution in [0.5, 0.6) is 0 Å². The van der Waals surface area contributed by atoms with Crippen LogP contribution in [-0.4, -0.2) is 75.0 Å². The number of ether oxygens (including phenoxy) is 2. The lowest BCUT2D eigenvalue weighted by Gasteiger charge is -2.66. The summed E-state index contributed by atoms with van der Waals surface area (Å²) < 4.78 is 12.1. The highest BCUT2D eigenvalue weighted by Crippen LogP contribution is 2.71. The van der Waals surface area contributed by atoms with Gasteiger partial charge in [-0.3, -0.25) is 4.79 Å². The average molecular weight is 662 g/mol. The molecule has 260 valence electrons. The second-order valence-corrected chi connectivity index (χ2v) is 15.9. The smallest absolute Gasteiger partial charge is 0.338 e. The van der Waals surface area contributed by atoms with Gasteiger partial charge >= 0.3 is 5.97 Å². The molecule has 1 amide bonds. The molecule has 0 bridgehead atoms. The molecule has 4 aliphatic rings. The molecule has 48 heavy (non-hydrogen) atoms. The number of hydrogen-bond donors (Lipinski definition) is 5. The Morgan fingerprint density at radius 1 is 1.02 bits per heavy atom. The summed E-state index contributed by atoms with van der Waals surface area (Å²) in [5.74, 6) is -2.30. The summed E-state index contributed by atoms with van der Waals surface area (Å²) in [7, 11) is 0. The van der Waals surface area contributed by atoms with Crippen molar-refractivity contribution in [3.8, 4) is 0 Å². The number of aliphatic hydroxyl groups is 4. The molecule has 2 aromatic rings. The van der Waals surface area contributed by atoms with Crippen LogP contribution >= 0.6 is 0 Å². The molecule has 1 saturated heterocycles. The van der Waals surface area contributed by atoms with Crippen LogP contribution in [0.3, 0.4) is 0 Å². The molecule has 0 unspecified atom stereocenters. The van der Waals surface area contributed by atoms with Gasteiger partial charge < -0.3 is 35.2 Å². The van der Waals surface area contributed by atoms with Crippen molar-refractivity contribution < 1.29 is 39.5 Å². The molecule has 9 nitrogen and oxygen atoms in total. The van der Waals surface area contributed by atoms with Crippen LogP contribution in [-0.2, 0) is 14.3 Å². The quantitative estimate of drug-likeness (QED) is 0.218. The van der Waals surface area contributed by atoms with E-state index >= 15 is 0 Å². The number of amides is 1. The molecule has 0 spiro atoms. The van der Waals surface area contributed by atoms with E-state index in [2.05, 4.69) is 19.2 Å². The summed E-state index contributed by atoms with van der Waals surface area (Å²) in [6, 6.07) is 16.3. The van der Waals surface area contributed by atoms with E-state index < -0.39 is 64.7 Å². The van der Waals surface area contributed by atoms with Gasteiger partial charge in [0, 0.05) is 40.6 Å². The van der Waals surface area contributed by atoms with E-state index in [1.54, 1.807) is 68.4 Å². The fourth-order valence-corrected chi connectivity index (χ4v) is 10.6. The molecule has 0 aromatic heterocycles. The number of aliphatic hydroxyl groups excluding tert-OH is 3. The molecule has 0 radical (unpaired) electrons. The lowest BCUT2D eigenvalue weighted by atomic mass is 9.44. The number of esters is 1. The highest BCUT2D eigenvalue weighted by Gasteiger charge is 2.73. The van der Waals surface area contributed by atoms with Gasteiger partial charge in [-0.25, -0.2) is 4.79 Å². The zero-order chi connectivity index (χ0) is 35.0. The maximum atomic E-state index is 13.9. The summed E-state index contributed by atoms with van der Waals surface area (Å²) in [6.45, 7) is 14.1. The van der Waals surface area contributed by atoms with Crippen LogP contribution in [0.4, 0.5) is 0 Å². The van der Waals surface area contributed by atoms with E-state index in [1.165, 1.54) is 0 Å². The molecule has 3 aliphatic carbocycles. The standard InChI is InChI=1S/C39H51NO8/c1-21-26(48-35(45)31(42)30(24-14-10-8-11-15-24)40-34(44)25-16-12-9-13-17-25)19-39(36(4,5)46)23(3)32-37(6)20-47-28(37)18-27(41)38(32,7)33(43)22(2)29(21)39/h8-17,22-23,26-28,30-33,41-43,46H,18-20H2,1-7H3,(H,40,44)/t22-,23-,26-,27-,28+,30-,31+,32+,33-,37+,38+,39+/m0/s1. The molecule has 1 heterocycles. The Kier molecular flexibility index (Phi) is 8.73. The van der Waals surface area contributed by atoms with Crippen molar-refractivity contribution in [3.05, 3.63) is 82.9 Å². The van der Waals surface area contributed by atoms with Gasteiger partial charge in [-0.1, -0.05) is 81.8 Å². The first-order chi connectivity index (χ1) is 22.5. The minimum atomic E-state index is -1.73. The van der Waals surface area contributed by atoms with Gasteiger partial charge in [0.15, 0.2) is 6.10 Å². The number of nitrogens with one attached hydrogen (secondary N) is 1. The molecule has 1 aliphatic heterocycles. The maximum absolute atomic E-state index is 13.9. The van der Waals surface area contributed by atoms with Gasteiger partial charge in [-0.15, -0.1) is 0 Å². The number of carbonyl (C=O) groups excluding carboxylic acids is 2. The second kappa shape index (κ2) is 12.1. The molecule has 5 N–H and O–H groups in total. The molecular formula is C39H51NO8. The van der Waals surface area contributed by atoms with E-state index in [9.17, 15) is 30.0 Å². The lowest BCUT2D eigenvalue weighted by molar-refractivity contribution is -0.308. The van der Waals surface area contributed by atoms with Gasteiger partial charge in [0.05, 0.1) is 36.6 Å². The van der Waals surface area contributed by atoms with E-state index in [0.29, 0.717) is 24.2 Å². The Morgan fingerprint density at radius 2 is 1.62 bits per heavy atom. The molecule has 6 rings (SSSR count). The summed E-state index contributed by atoms with van der Waals surface area (Å²) in [5, 5.41) is 50.4. The molecule has 2 aromatic carbocycles. The maximum Gasteiger partial charge on any atom is 0.338 e. The van der Waals surface area contributed by atoms with Crippen LogP contribution in [0, 0.1) is 34.0 Å². The minimum Gasteiger partial charge on any atom is -0.456 e. The summed E-state index contributed by atoms with van der Waals surface area (Å²) in [4.78, 5) is 27.1. The van der Waals surface area contributed by atoms with Crippen LogP contribution in [0.2, 0.25) is 0 Å². The van der Waals surface area contributed by atoms with E-state index in [0.717, 1.165) is 11.1 Å². The Morgan fingerprint density at radius 3 is 2.19 bits per heavy atom. The van der Waals surface area contributed by atoms with Gasteiger partial charge in [-0.05, 0) is 55.9 Å². The van der Waals surface area contributed by atoms with Crippen LogP contribution in [0.1, 0.15) is 83.3 Å². The average Bonchev–Trinajstić information content (AvgIpc) is 3.34. The van der Waals surface area contributed by atoms with Crippen LogP contribution < -0.4 is 5.32 Å². The van der Waals surface area contributed by atoms with Crippen molar-refractivity contribution in [1.29, 1.82) is 0 Å². The summed E-state index contributed by atoms with van der Waals surface area (Å²) in [6.07, 6.45) is -3.75. The number of carbonyl (C=O) groups is 2. The highest BCUT2D eigenvalue weighted by atomic mass is 16.6. The summed E-state index contributed by atoms with van der Waals surface area (Å²) >= 11 is 0. The highest BCUT2D eigenvalue weighted by molar-refractivity contribution is 5.95. The molecular weight excluding hydrogens is 610 g/mol. The molecule has 3 fully saturated rings. The number of rotatable bonds is 7. The predicted octanol–water partition coefficient (Wildman–Crippen LogP) is 4.35. The van der Waals surface area contributed by atoms with Gasteiger partial charge in [0.2, 0.25) is 0 Å². The zero-order valence-corrected chi connectivity index (χ0v) is 29.0. The Bertz CT molecular complexity index is 1570. The monoisotopic (exact) mass is 661 g/mol. The second-order valence-electron chi connectivity index (χ2n) is 15.9. The normalized spacial score (nSPS) is 38.8. The van der Waals surface area contributed by atoms with Crippen LogP contribution in [0.15, 0.2) is 71.8 Å². The lowest BCUT2D eigenvalue weighted by Crippen LogP contribution is -2.71. The first-order valence-corrected chi connectivity index (χ1v) is 17.2. The van der Waals surface area contributed by atoms with Crippen molar-refractivity contribution >= 4 is 11.9 Å². The van der Waals surface area contributed by atoms with Crippen molar-refractivity contribution in [3.63, 3.8) is 0 Å². The molecule has 12 atom stereocenters. The Hall–Kier alpha value is -3.08. The zero-order valence-electron chi connectivity index (χ0n) is 29.0. The van der Waals surface area contributed by atoms with Crippen molar-refractivity contribution in [2.45, 2.75) is 103 Å². The van der Waals surface area contributed by atoms with Gasteiger partial charge in [0.1, 0.15) is 6.10 Å². The third-order valence-corrected chi connectivity index (χ3v) is 13.0. The fourth-order valence-electron chi connectivity index (χ4n) is 10.6. The SMILES string of the molecule is CC1=C2[C@H](C)[C@H](O)[C@@]3(C)[C@H]([C@H](C)[C@]2(C(C)(C)O)C[C@@H]1OC(=O)[C@H](O)[C@@H](NC(=O)c1ccccc1)c1ccccc1)[C@]1(C)CO[C@@H]1C[C@@H]3O.